The number of aromatic nitrogens is 2. The Morgan fingerprint density at radius 1 is 1.29 bits per heavy atom. The van der Waals surface area contributed by atoms with Gasteiger partial charge in [-0.05, 0) is 39.5 Å². The number of anilines is 2. The van der Waals surface area contributed by atoms with Gasteiger partial charge in [0.1, 0.15) is 10.6 Å². The first-order valence-corrected chi connectivity index (χ1v) is 9.30. The maximum Gasteiger partial charge on any atom is 0.226 e. The normalized spacial score (nSPS) is 11.9. The molecular weight excluding hydrogens is 300 g/mol. The molecule has 2 aromatic rings. The molecule has 0 unspecified atom stereocenters. The molecule has 2 rings (SSSR count). The average Bonchev–Trinajstić information content (AvgIpc) is 2.83. The summed E-state index contributed by atoms with van der Waals surface area (Å²) in [4.78, 5) is 11.6. The molecule has 0 saturated heterocycles. The van der Waals surface area contributed by atoms with Gasteiger partial charge in [-0.1, -0.05) is 6.92 Å². The lowest BCUT2D eigenvalue weighted by Crippen LogP contribution is -2.26. The van der Waals surface area contributed by atoms with Gasteiger partial charge in [-0.2, -0.15) is 16.7 Å². The average molecular weight is 325 g/mol. The van der Waals surface area contributed by atoms with Gasteiger partial charge in [0.05, 0.1) is 5.39 Å². The maximum atomic E-state index is 4.65. The molecule has 6 heteroatoms. The van der Waals surface area contributed by atoms with E-state index in [9.17, 15) is 0 Å². The molecule has 4 nitrogen and oxygen atoms in total. The first kappa shape index (κ1) is 16.4. The number of nitrogens with one attached hydrogen (secondary N) is 2. The van der Waals surface area contributed by atoms with Gasteiger partial charge >= 0.3 is 0 Å². The van der Waals surface area contributed by atoms with Crippen LogP contribution in [-0.2, 0) is 0 Å². The van der Waals surface area contributed by atoms with Gasteiger partial charge in [-0.15, -0.1) is 11.3 Å². The molecule has 2 N–H and O–H groups in total. The number of rotatable bonds is 7. The highest BCUT2D eigenvalue weighted by molar-refractivity contribution is 7.99. The van der Waals surface area contributed by atoms with Crippen molar-refractivity contribution in [2.75, 3.05) is 30.0 Å². The van der Waals surface area contributed by atoms with Gasteiger partial charge in [-0.25, -0.2) is 4.98 Å². The second-order valence-electron chi connectivity index (χ2n) is 5.72. The SMILES string of the molecule is CCCNc1nc(NCC(C)(C)SC)c2cc(C)sc2n1. The molecule has 0 amide bonds. The summed E-state index contributed by atoms with van der Waals surface area (Å²) in [5.74, 6) is 1.65. The van der Waals surface area contributed by atoms with E-state index in [1.54, 1.807) is 11.3 Å². The van der Waals surface area contributed by atoms with E-state index in [4.69, 9.17) is 0 Å². The molecule has 0 atom stereocenters. The van der Waals surface area contributed by atoms with Crippen molar-refractivity contribution >= 4 is 45.1 Å². The van der Waals surface area contributed by atoms with Crippen LogP contribution in [0.1, 0.15) is 32.1 Å². The minimum Gasteiger partial charge on any atom is -0.368 e. The smallest absolute Gasteiger partial charge is 0.226 e. The van der Waals surface area contributed by atoms with Crippen LogP contribution in [0.15, 0.2) is 6.07 Å². The van der Waals surface area contributed by atoms with Crippen molar-refractivity contribution in [2.24, 2.45) is 0 Å². The Labute approximate surface area is 135 Å². The fraction of sp³-hybridized carbons (Fsp3) is 0.600. The van der Waals surface area contributed by atoms with Crippen molar-refractivity contribution in [1.29, 1.82) is 0 Å². The number of thioether (sulfide) groups is 1. The monoisotopic (exact) mass is 324 g/mol. The van der Waals surface area contributed by atoms with Crippen molar-refractivity contribution in [3.8, 4) is 0 Å². The molecule has 0 aliphatic heterocycles. The maximum absolute atomic E-state index is 4.65. The predicted molar refractivity (Wildman–Crippen MR) is 97.0 cm³/mol. The molecule has 0 spiro atoms. The summed E-state index contributed by atoms with van der Waals surface area (Å²) in [6.45, 7) is 10.5. The lowest BCUT2D eigenvalue weighted by Gasteiger charge is -2.23. The summed E-state index contributed by atoms with van der Waals surface area (Å²) in [5, 5.41) is 7.91. The van der Waals surface area contributed by atoms with Crippen molar-refractivity contribution in [1.82, 2.24) is 9.97 Å². The van der Waals surface area contributed by atoms with Crippen LogP contribution in [0.2, 0.25) is 0 Å². The zero-order valence-electron chi connectivity index (χ0n) is 13.4. The summed E-state index contributed by atoms with van der Waals surface area (Å²) in [6.07, 6.45) is 3.20. The zero-order chi connectivity index (χ0) is 15.5. The van der Waals surface area contributed by atoms with E-state index in [2.05, 4.69) is 60.6 Å². The third-order valence-electron chi connectivity index (χ3n) is 3.28. The van der Waals surface area contributed by atoms with Crippen LogP contribution in [0.5, 0.6) is 0 Å². The first-order valence-electron chi connectivity index (χ1n) is 7.26. The molecule has 0 aliphatic rings. The summed E-state index contributed by atoms with van der Waals surface area (Å²) >= 11 is 3.57. The highest BCUT2D eigenvalue weighted by atomic mass is 32.2. The van der Waals surface area contributed by atoms with Crippen molar-refractivity contribution in [2.45, 2.75) is 38.9 Å². The van der Waals surface area contributed by atoms with Gasteiger partial charge in [0.25, 0.3) is 0 Å². The minimum absolute atomic E-state index is 0.180. The van der Waals surface area contributed by atoms with E-state index in [0.29, 0.717) is 0 Å². The third kappa shape index (κ3) is 4.23. The van der Waals surface area contributed by atoms with E-state index in [1.165, 1.54) is 4.88 Å². The lowest BCUT2D eigenvalue weighted by molar-refractivity contribution is 0.750. The van der Waals surface area contributed by atoms with Crippen LogP contribution in [-0.4, -0.2) is 34.1 Å². The van der Waals surface area contributed by atoms with Crippen LogP contribution in [0.4, 0.5) is 11.8 Å². The molecule has 116 valence electrons. The van der Waals surface area contributed by atoms with Gasteiger partial charge in [-0.3, -0.25) is 0 Å². The van der Waals surface area contributed by atoms with Crippen molar-refractivity contribution in [3.05, 3.63) is 10.9 Å². The summed E-state index contributed by atoms with van der Waals surface area (Å²) in [6, 6.07) is 2.16. The Hall–Kier alpha value is -1.01. The molecule has 0 saturated carbocycles. The molecule has 0 aliphatic carbocycles. The number of aryl methyl sites for hydroxylation is 1. The Bertz CT molecular complexity index is 607. The van der Waals surface area contributed by atoms with Crippen LogP contribution in [0.3, 0.4) is 0 Å². The molecule has 0 radical (unpaired) electrons. The Morgan fingerprint density at radius 2 is 2.05 bits per heavy atom. The number of hydrogen-bond donors (Lipinski definition) is 2. The van der Waals surface area contributed by atoms with Gasteiger partial charge in [0.2, 0.25) is 5.95 Å². The van der Waals surface area contributed by atoms with Crippen LogP contribution < -0.4 is 10.6 Å². The van der Waals surface area contributed by atoms with Crippen molar-refractivity contribution < 1.29 is 0 Å². The van der Waals surface area contributed by atoms with Gasteiger partial charge < -0.3 is 10.6 Å². The summed E-state index contributed by atoms with van der Waals surface area (Å²) < 4.78 is 0.180. The summed E-state index contributed by atoms with van der Waals surface area (Å²) in [5.41, 5.74) is 0. The number of thiophene rings is 1. The van der Waals surface area contributed by atoms with E-state index >= 15 is 0 Å². The molecule has 0 bridgehead atoms. The van der Waals surface area contributed by atoms with E-state index in [1.807, 2.05) is 11.8 Å². The minimum atomic E-state index is 0.180. The quantitative estimate of drug-likeness (QED) is 0.792. The topological polar surface area (TPSA) is 49.8 Å². The fourth-order valence-electron chi connectivity index (χ4n) is 1.86. The van der Waals surface area contributed by atoms with Crippen LogP contribution in [0, 0.1) is 6.92 Å². The molecule has 21 heavy (non-hydrogen) atoms. The molecule has 0 fully saturated rings. The van der Waals surface area contributed by atoms with Gasteiger partial charge in [0.15, 0.2) is 0 Å². The fourth-order valence-corrected chi connectivity index (χ4v) is 2.96. The van der Waals surface area contributed by atoms with E-state index in [-0.39, 0.29) is 4.75 Å². The zero-order valence-corrected chi connectivity index (χ0v) is 15.0. The molecule has 2 heterocycles. The third-order valence-corrected chi connectivity index (χ3v) is 5.48. The number of hydrogen-bond acceptors (Lipinski definition) is 6. The van der Waals surface area contributed by atoms with Crippen LogP contribution in [0.25, 0.3) is 10.2 Å². The summed E-state index contributed by atoms with van der Waals surface area (Å²) in [7, 11) is 0. The Balaban J connectivity index is 2.30. The molecule has 2 aromatic heterocycles. The lowest BCUT2D eigenvalue weighted by atomic mass is 10.2. The molecular formula is C15H24N4S2. The first-order chi connectivity index (χ1) is 9.95. The van der Waals surface area contributed by atoms with Crippen LogP contribution >= 0.6 is 23.1 Å². The second kappa shape index (κ2) is 6.83. The second-order valence-corrected chi connectivity index (χ2v) is 8.46. The van der Waals surface area contributed by atoms with E-state index in [0.717, 1.165) is 41.5 Å². The highest BCUT2D eigenvalue weighted by Crippen LogP contribution is 2.30. The highest BCUT2D eigenvalue weighted by Gasteiger charge is 2.17. The molecule has 0 aromatic carbocycles. The Kier molecular flexibility index (Phi) is 5.32. The Morgan fingerprint density at radius 3 is 2.71 bits per heavy atom. The number of nitrogens with zero attached hydrogens (tertiary/aromatic N) is 2. The predicted octanol–water partition coefficient (Wildman–Crippen LogP) is 4.38. The van der Waals surface area contributed by atoms with Crippen molar-refractivity contribution in [3.63, 3.8) is 0 Å². The largest absolute Gasteiger partial charge is 0.368 e. The van der Waals surface area contributed by atoms with Gasteiger partial charge in [0, 0.05) is 22.7 Å². The standard InChI is InChI=1S/C15H24N4S2/c1-6-7-16-14-18-12(17-9-15(3,4)20-5)11-8-10(2)21-13(11)19-14/h8H,6-7,9H2,1-5H3,(H2,16,17,18,19). The number of fused-ring (bicyclic) bond motifs is 1. The van der Waals surface area contributed by atoms with E-state index < -0.39 is 0 Å².